The van der Waals surface area contributed by atoms with Gasteiger partial charge in [0.1, 0.15) is 11.5 Å². The number of para-hydroxylation sites is 1. The summed E-state index contributed by atoms with van der Waals surface area (Å²) in [5, 5.41) is 11.7. The van der Waals surface area contributed by atoms with Crippen LogP contribution in [0.1, 0.15) is 28.3 Å². The van der Waals surface area contributed by atoms with Crippen LogP contribution in [0.25, 0.3) is 5.76 Å². The van der Waals surface area contributed by atoms with Gasteiger partial charge in [0.15, 0.2) is 0 Å². The Morgan fingerprint density at radius 3 is 2.39 bits per heavy atom. The topological polar surface area (TPSA) is 66.8 Å². The summed E-state index contributed by atoms with van der Waals surface area (Å²) in [7, 11) is 1.55. The second-order valence-corrected chi connectivity index (χ2v) is 8.54. The van der Waals surface area contributed by atoms with Crippen LogP contribution >= 0.6 is 23.2 Å². The molecule has 1 N–H and O–H groups in total. The molecule has 1 aliphatic heterocycles. The molecule has 1 heterocycles. The van der Waals surface area contributed by atoms with E-state index in [1.165, 1.54) is 17.0 Å². The number of hydrogen-bond acceptors (Lipinski definition) is 4. The first-order valence-corrected chi connectivity index (χ1v) is 11.0. The maximum atomic E-state index is 13.2. The van der Waals surface area contributed by atoms with E-state index in [1.807, 2.05) is 49.4 Å². The first-order valence-electron chi connectivity index (χ1n) is 10.2. The van der Waals surface area contributed by atoms with Crippen LogP contribution in [0, 0.1) is 6.92 Å². The lowest BCUT2D eigenvalue weighted by molar-refractivity contribution is -0.140. The van der Waals surface area contributed by atoms with E-state index in [0.717, 1.165) is 16.7 Å². The van der Waals surface area contributed by atoms with Gasteiger partial charge in [-0.15, -0.1) is 0 Å². The van der Waals surface area contributed by atoms with Gasteiger partial charge in [-0.05, 0) is 42.3 Å². The van der Waals surface area contributed by atoms with Crippen LogP contribution in [0.3, 0.4) is 0 Å². The van der Waals surface area contributed by atoms with Crippen molar-refractivity contribution in [2.45, 2.75) is 19.5 Å². The number of aliphatic hydroxyl groups is 1. The van der Waals surface area contributed by atoms with Crippen molar-refractivity contribution in [2.75, 3.05) is 7.11 Å². The maximum absolute atomic E-state index is 13.2. The SMILES string of the molecule is COc1ccccc1CN1C(=O)C(=O)/C(=C(/O)c2ccc(Cl)c(Cl)c2)C1c1ccccc1C. The number of aliphatic hydroxyl groups excluding tert-OH is 1. The van der Waals surface area contributed by atoms with Crippen molar-refractivity contribution in [2.24, 2.45) is 0 Å². The first-order chi connectivity index (χ1) is 15.8. The summed E-state index contributed by atoms with van der Waals surface area (Å²) in [6.45, 7) is 2.03. The molecule has 3 aromatic rings. The summed E-state index contributed by atoms with van der Waals surface area (Å²) in [6, 6.07) is 18.6. The molecule has 1 fully saturated rings. The minimum Gasteiger partial charge on any atom is -0.507 e. The Kier molecular flexibility index (Phi) is 6.45. The number of methoxy groups -OCH3 is 1. The molecule has 1 saturated heterocycles. The Hall–Kier alpha value is -3.28. The summed E-state index contributed by atoms with van der Waals surface area (Å²) in [4.78, 5) is 27.9. The number of carbonyl (C=O) groups is 2. The van der Waals surface area contributed by atoms with Crippen molar-refractivity contribution in [3.63, 3.8) is 0 Å². The molecule has 7 heteroatoms. The molecule has 0 aliphatic carbocycles. The lowest BCUT2D eigenvalue weighted by atomic mass is 9.92. The van der Waals surface area contributed by atoms with Crippen molar-refractivity contribution in [3.05, 3.63) is 105 Å². The van der Waals surface area contributed by atoms with Gasteiger partial charge in [0, 0.05) is 11.1 Å². The molecule has 0 radical (unpaired) electrons. The number of carbonyl (C=O) groups excluding carboxylic acids is 2. The summed E-state index contributed by atoms with van der Waals surface area (Å²) in [5.41, 5.74) is 2.68. The monoisotopic (exact) mass is 481 g/mol. The molecule has 0 aromatic heterocycles. The van der Waals surface area contributed by atoms with Crippen LogP contribution in [-0.4, -0.2) is 28.8 Å². The summed E-state index contributed by atoms with van der Waals surface area (Å²) in [6.07, 6.45) is 0. The summed E-state index contributed by atoms with van der Waals surface area (Å²) in [5.74, 6) is -1.16. The van der Waals surface area contributed by atoms with Crippen LogP contribution in [0.2, 0.25) is 10.0 Å². The van der Waals surface area contributed by atoms with Gasteiger partial charge in [-0.3, -0.25) is 9.59 Å². The average Bonchev–Trinajstić information content (AvgIpc) is 3.06. The zero-order valence-electron chi connectivity index (χ0n) is 18.0. The molecule has 0 bridgehead atoms. The van der Waals surface area contributed by atoms with E-state index in [4.69, 9.17) is 27.9 Å². The van der Waals surface area contributed by atoms with Gasteiger partial charge in [0.2, 0.25) is 0 Å². The first kappa shape index (κ1) is 22.9. The number of halogens is 2. The predicted octanol–water partition coefficient (Wildman–Crippen LogP) is 5.93. The van der Waals surface area contributed by atoms with Gasteiger partial charge in [0.25, 0.3) is 11.7 Å². The van der Waals surface area contributed by atoms with E-state index >= 15 is 0 Å². The number of Topliss-reactive ketones (excluding diaryl/α,β-unsaturated/α-hetero) is 1. The standard InChI is InChI=1S/C26H21Cl2NO4/c1-15-7-3-5-9-18(15)23-22(24(30)16-11-12-19(27)20(28)13-16)25(31)26(32)29(23)14-17-8-4-6-10-21(17)33-2/h3-13,23,30H,14H2,1-2H3/b24-22+. The number of nitrogens with zero attached hydrogens (tertiary/aromatic N) is 1. The molecule has 1 amide bonds. The van der Waals surface area contributed by atoms with Gasteiger partial charge in [-0.25, -0.2) is 0 Å². The molecular weight excluding hydrogens is 461 g/mol. The normalized spacial score (nSPS) is 17.5. The quantitative estimate of drug-likeness (QED) is 0.278. The molecule has 33 heavy (non-hydrogen) atoms. The highest BCUT2D eigenvalue weighted by Crippen LogP contribution is 2.42. The number of likely N-dealkylation sites (tertiary alicyclic amines) is 1. The summed E-state index contributed by atoms with van der Waals surface area (Å²) >= 11 is 12.1. The van der Waals surface area contributed by atoms with Crippen molar-refractivity contribution >= 4 is 40.7 Å². The van der Waals surface area contributed by atoms with Gasteiger partial charge in [-0.2, -0.15) is 0 Å². The molecule has 0 saturated carbocycles. The molecule has 1 unspecified atom stereocenters. The Morgan fingerprint density at radius 2 is 1.70 bits per heavy atom. The number of aryl methyl sites for hydroxylation is 1. The van der Waals surface area contributed by atoms with Crippen molar-refractivity contribution in [1.29, 1.82) is 0 Å². The molecular formula is C26H21Cl2NO4. The highest BCUT2D eigenvalue weighted by Gasteiger charge is 2.46. The van der Waals surface area contributed by atoms with Crippen molar-refractivity contribution < 1.29 is 19.4 Å². The Morgan fingerprint density at radius 1 is 1.00 bits per heavy atom. The minimum absolute atomic E-state index is 0.00240. The third-order valence-corrected chi connectivity index (χ3v) is 6.49. The molecule has 0 spiro atoms. The molecule has 3 aromatic carbocycles. The van der Waals surface area contributed by atoms with E-state index < -0.39 is 17.7 Å². The molecule has 4 rings (SSSR count). The molecule has 5 nitrogen and oxygen atoms in total. The Balaban J connectivity index is 1.90. The lowest BCUT2D eigenvalue weighted by Gasteiger charge is -2.27. The zero-order valence-corrected chi connectivity index (χ0v) is 19.5. The zero-order chi connectivity index (χ0) is 23.7. The second kappa shape index (κ2) is 9.30. The lowest BCUT2D eigenvalue weighted by Crippen LogP contribution is -2.29. The number of rotatable bonds is 5. The number of ether oxygens (including phenoxy) is 1. The number of amides is 1. The number of ketones is 1. The molecule has 1 atom stereocenters. The van der Waals surface area contributed by atoms with Crippen LogP contribution in [-0.2, 0) is 16.1 Å². The highest BCUT2D eigenvalue weighted by atomic mass is 35.5. The van der Waals surface area contributed by atoms with Crippen molar-refractivity contribution in [3.8, 4) is 5.75 Å². The van der Waals surface area contributed by atoms with Gasteiger partial charge in [0.05, 0.1) is 35.3 Å². The molecule has 1 aliphatic rings. The van der Waals surface area contributed by atoms with Gasteiger partial charge in [-0.1, -0.05) is 65.7 Å². The van der Waals surface area contributed by atoms with Crippen LogP contribution in [0.5, 0.6) is 5.75 Å². The fourth-order valence-electron chi connectivity index (χ4n) is 4.08. The summed E-state index contributed by atoms with van der Waals surface area (Å²) < 4.78 is 5.44. The largest absolute Gasteiger partial charge is 0.507 e. The van der Waals surface area contributed by atoms with Crippen LogP contribution < -0.4 is 4.74 Å². The highest BCUT2D eigenvalue weighted by molar-refractivity contribution is 6.46. The minimum atomic E-state index is -0.787. The van der Waals surface area contributed by atoms with E-state index in [2.05, 4.69) is 0 Å². The Labute approximate surface area is 201 Å². The predicted molar refractivity (Wildman–Crippen MR) is 128 cm³/mol. The fraction of sp³-hybridized carbons (Fsp3) is 0.154. The van der Waals surface area contributed by atoms with E-state index in [0.29, 0.717) is 16.3 Å². The smallest absolute Gasteiger partial charge is 0.295 e. The number of hydrogen-bond donors (Lipinski definition) is 1. The average molecular weight is 482 g/mol. The molecule has 168 valence electrons. The fourth-order valence-corrected chi connectivity index (χ4v) is 4.37. The van der Waals surface area contributed by atoms with E-state index in [9.17, 15) is 14.7 Å². The second-order valence-electron chi connectivity index (χ2n) is 7.72. The van der Waals surface area contributed by atoms with Gasteiger partial charge >= 0.3 is 0 Å². The van der Waals surface area contributed by atoms with Crippen LogP contribution in [0.4, 0.5) is 0 Å². The number of benzene rings is 3. The van der Waals surface area contributed by atoms with Gasteiger partial charge < -0.3 is 14.7 Å². The maximum Gasteiger partial charge on any atom is 0.295 e. The van der Waals surface area contributed by atoms with Crippen molar-refractivity contribution in [1.82, 2.24) is 4.90 Å². The van der Waals surface area contributed by atoms with E-state index in [-0.39, 0.29) is 22.9 Å². The van der Waals surface area contributed by atoms with Crippen LogP contribution in [0.15, 0.2) is 72.3 Å². The third kappa shape index (κ3) is 4.22. The Bertz CT molecular complexity index is 1280. The van der Waals surface area contributed by atoms with E-state index in [1.54, 1.807) is 19.2 Å². The third-order valence-electron chi connectivity index (χ3n) is 5.75.